The molecule has 2 heterocycles. The predicted molar refractivity (Wildman–Crippen MR) is 77.1 cm³/mol. The van der Waals surface area contributed by atoms with Gasteiger partial charge in [-0.25, -0.2) is 0 Å². The molecule has 1 fully saturated rings. The van der Waals surface area contributed by atoms with Crippen molar-refractivity contribution < 1.29 is 14.2 Å². The Morgan fingerprint density at radius 1 is 1.30 bits per heavy atom. The second-order valence-corrected chi connectivity index (χ2v) is 5.73. The van der Waals surface area contributed by atoms with Crippen molar-refractivity contribution in [1.29, 1.82) is 0 Å². The number of hydrogen-bond acceptors (Lipinski definition) is 4. The highest BCUT2D eigenvalue weighted by atomic mass is 16.5. The van der Waals surface area contributed by atoms with Crippen LogP contribution >= 0.6 is 0 Å². The van der Waals surface area contributed by atoms with Gasteiger partial charge in [-0.15, -0.1) is 0 Å². The number of ether oxygens (including phenoxy) is 3. The minimum Gasteiger partial charge on any atom is -0.493 e. The Bertz CT molecular complexity index is 443. The average Bonchev–Trinajstić information content (AvgIpc) is 2.54. The largest absolute Gasteiger partial charge is 0.493 e. The molecule has 0 aromatic heterocycles. The maximum atomic E-state index is 6.21. The van der Waals surface area contributed by atoms with Gasteiger partial charge in [0.1, 0.15) is 11.4 Å². The number of rotatable bonds is 4. The highest BCUT2D eigenvalue weighted by molar-refractivity contribution is 5.37. The smallest absolute Gasteiger partial charge is 0.122 e. The van der Waals surface area contributed by atoms with Gasteiger partial charge >= 0.3 is 0 Å². The Balaban J connectivity index is 1.66. The number of benzene rings is 1. The van der Waals surface area contributed by atoms with Crippen LogP contribution in [0.1, 0.15) is 30.7 Å². The Morgan fingerprint density at radius 3 is 3.00 bits per heavy atom. The van der Waals surface area contributed by atoms with Crippen molar-refractivity contribution in [3.05, 3.63) is 29.8 Å². The van der Waals surface area contributed by atoms with Crippen LogP contribution in [0.15, 0.2) is 24.3 Å². The lowest BCUT2D eigenvalue weighted by atomic mass is 9.92. The molecule has 0 radical (unpaired) electrons. The first-order valence-corrected chi connectivity index (χ1v) is 7.46. The van der Waals surface area contributed by atoms with Crippen molar-refractivity contribution in [1.82, 2.24) is 0 Å². The number of fused-ring (bicyclic) bond motifs is 1. The zero-order valence-electron chi connectivity index (χ0n) is 11.8. The SMILES string of the molecule is NCC1(OCC2CCOc3ccccc32)CCCOC1. The molecule has 0 bridgehead atoms. The van der Waals surface area contributed by atoms with E-state index in [-0.39, 0.29) is 5.60 Å². The Labute approximate surface area is 120 Å². The molecule has 4 heteroatoms. The fraction of sp³-hybridized carbons (Fsp3) is 0.625. The quantitative estimate of drug-likeness (QED) is 0.915. The Morgan fingerprint density at radius 2 is 2.20 bits per heavy atom. The zero-order valence-corrected chi connectivity index (χ0v) is 11.8. The van der Waals surface area contributed by atoms with Crippen LogP contribution in [0, 0.1) is 0 Å². The van der Waals surface area contributed by atoms with Crippen LogP contribution in [0.25, 0.3) is 0 Å². The maximum Gasteiger partial charge on any atom is 0.122 e. The molecule has 0 aliphatic carbocycles. The van der Waals surface area contributed by atoms with Gasteiger partial charge in [0.15, 0.2) is 0 Å². The van der Waals surface area contributed by atoms with Crippen molar-refractivity contribution in [3.63, 3.8) is 0 Å². The summed E-state index contributed by atoms with van der Waals surface area (Å²) in [7, 11) is 0. The fourth-order valence-electron chi connectivity index (χ4n) is 3.03. The van der Waals surface area contributed by atoms with Crippen LogP contribution in [0.2, 0.25) is 0 Å². The molecule has 1 aromatic rings. The van der Waals surface area contributed by atoms with Gasteiger partial charge in [0.2, 0.25) is 0 Å². The summed E-state index contributed by atoms with van der Waals surface area (Å²) in [6.45, 7) is 3.43. The molecule has 110 valence electrons. The van der Waals surface area contributed by atoms with E-state index in [1.54, 1.807) is 0 Å². The first-order valence-electron chi connectivity index (χ1n) is 7.46. The summed E-state index contributed by atoms with van der Waals surface area (Å²) in [5.74, 6) is 1.39. The van der Waals surface area contributed by atoms with E-state index in [1.807, 2.05) is 12.1 Å². The van der Waals surface area contributed by atoms with Crippen LogP contribution in [0.5, 0.6) is 5.75 Å². The van der Waals surface area contributed by atoms with Crippen LogP contribution in [-0.4, -0.2) is 38.6 Å². The normalized spacial score (nSPS) is 29.6. The number of nitrogens with two attached hydrogens (primary N) is 1. The predicted octanol–water partition coefficient (Wildman–Crippen LogP) is 2.08. The molecule has 1 aromatic carbocycles. The standard InChI is InChI=1S/C16H23NO3/c17-11-16(7-3-8-18-12-16)20-10-13-6-9-19-15-5-2-1-4-14(13)15/h1-2,4-5,13H,3,6-12,17H2. The van der Waals surface area contributed by atoms with Gasteiger partial charge < -0.3 is 19.9 Å². The molecule has 2 aliphatic heterocycles. The van der Waals surface area contributed by atoms with Gasteiger partial charge in [0.05, 0.1) is 19.8 Å². The Hall–Kier alpha value is -1.10. The van der Waals surface area contributed by atoms with E-state index in [2.05, 4.69) is 12.1 Å². The van der Waals surface area contributed by atoms with Crippen LogP contribution in [0.4, 0.5) is 0 Å². The molecule has 3 rings (SSSR count). The summed E-state index contributed by atoms with van der Waals surface area (Å²) in [4.78, 5) is 0. The molecule has 2 aliphatic rings. The first kappa shape index (κ1) is 13.9. The summed E-state index contributed by atoms with van der Waals surface area (Å²) in [6, 6.07) is 8.24. The zero-order chi connectivity index (χ0) is 13.8. The van der Waals surface area contributed by atoms with E-state index in [9.17, 15) is 0 Å². The average molecular weight is 277 g/mol. The van der Waals surface area contributed by atoms with E-state index in [4.69, 9.17) is 19.9 Å². The summed E-state index contributed by atoms with van der Waals surface area (Å²) in [6.07, 6.45) is 3.02. The maximum absolute atomic E-state index is 6.21. The topological polar surface area (TPSA) is 53.7 Å². The van der Waals surface area contributed by atoms with Gasteiger partial charge in [-0.05, 0) is 30.9 Å². The Kier molecular flexibility index (Phi) is 4.24. The van der Waals surface area contributed by atoms with Gasteiger partial charge in [-0.1, -0.05) is 18.2 Å². The third-order valence-electron chi connectivity index (χ3n) is 4.33. The summed E-state index contributed by atoms with van der Waals surface area (Å²) >= 11 is 0. The van der Waals surface area contributed by atoms with E-state index in [1.165, 1.54) is 5.56 Å². The number of hydrogen-bond donors (Lipinski definition) is 1. The molecule has 2 unspecified atom stereocenters. The summed E-state index contributed by atoms with van der Waals surface area (Å²) in [5.41, 5.74) is 6.89. The molecular formula is C16H23NO3. The highest BCUT2D eigenvalue weighted by Crippen LogP contribution is 2.35. The highest BCUT2D eigenvalue weighted by Gasteiger charge is 2.34. The monoisotopic (exact) mass is 277 g/mol. The summed E-state index contributed by atoms with van der Waals surface area (Å²) < 4.78 is 17.5. The minimum atomic E-state index is -0.286. The molecule has 2 atom stereocenters. The van der Waals surface area contributed by atoms with E-state index >= 15 is 0 Å². The lowest BCUT2D eigenvalue weighted by molar-refractivity contribution is -0.127. The van der Waals surface area contributed by atoms with E-state index < -0.39 is 0 Å². The summed E-state index contributed by atoms with van der Waals surface area (Å²) in [5, 5.41) is 0. The van der Waals surface area contributed by atoms with Gasteiger partial charge in [0, 0.05) is 19.1 Å². The van der Waals surface area contributed by atoms with Gasteiger partial charge in [0.25, 0.3) is 0 Å². The molecule has 20 heavy (non-hydrogen) atoms. The van der Waals surface area contributed by atoms with E-state index in [0.717, 1.165) is 38.2 Å². The fourth-order valence-corrected chi connectivity index (χ4v) is 3.03. The minimum absolute atomic E-state index is 0.286. The van der Waals surface area contributed by atoms with Crippen molar-refractivity contribution >= 4 is 0 Å². The lowest BCUT2D eigenvalue weighted by Crippen LogP contribution is -2.48. The third-order valence-corrected chi connectivity index (χ3v) is 4.33. The van der Waals surface area contributed by atoms with Crippen LogP contribution in [0.3, 0.4) is 0 Å². The third kappa shape index (κ3) is 2.82. The second-order valence-electron chi connectivity index (χ2n) is 5.73. The second kappa shape index (κ2) is 6.12. The molecule has 2 N–H and O–H groups in total. The first-order chi connectivity index (χ1) is 9.83. The van der Waals surface area contributed by atoms with Crippen molar-refractivity contribution in [3.8, 4) is 5.75 Å². The van der Waals surface area contributed by atoms with Crippen molar-refractivity contribution in [2.75, 3.05) is 33.0 Å². The van der Waals surface area contributed by atoms with Crippen LogP contribution < -0.4 is 10.5 Å². The lowest BCUT2D eigenvalue weighted by Gasteiger charge is -2.37. The van der Waals surface area contributed by atoms with E-state index in [0.29, 0.717) is 25.7 Å². The molecule has 1 saturated heterocycles. The van der Waals surface area contributed by atoms with Crippen LogP contribution in [-0.2, 0) is 9.47 Å². The van der Waals surface area contributed by atoms with Gasteiger partial charge in [-0.3, -0.25) is 0 Å². The molecule has 0 amide bonds. The van der Waals surface area contributed by atoms with Crippen molar-refractivity contribution in [2.45, 2.75) is 30.8 Å². The van der Waals surface area contributed by atoms with Crippen molar-refractivity contribution in [2.24, 2.45) is 5.73 Å². The van der Waals surface area contributed by atoms with Gasteiger partial charge in [-0.2, -0.15) is 0 Å². The number of para-hydroxylation sites is 1. The molecule has 0 saturated carbocycles. The molecule has 4 nitrogen and oxygen atoms in total. The molecule has 0 spiro atoms. The molecular weight excluding hydrogens is 254 g/mol.